The summed E-state index contributed by atoms with van der Waals surface area (Å²) in [6.45, 7) is 10.8. The van der Waals surface area contributed by atoms with Crippen LogP contribution in [0.15, 0.2) is 4.90 Å². The lowest BCUT2D eigenvalue weighted by Gasteiger charge is -2.24. The third kappa shape index (κ3) is 7.16. The zero-order chi connectivity index (χ0) is 20.4. The quantitative estimate of drug-likeness (QED) is 0.349. The van der Waals surface area contributed by atoms with E-state index in [0.717, 1.165) is 88.2 Å². The molecule has 0 amide bonds. The van der Waals surface area contributed by atoms with Gasteiger partial charge in [0.2, 0.25) is 0 Å². The first-order chi connectivity index (χ1) is 12.8. The van der Waals surface area contributed by atoms with E-state index in [2.05, 4.69) is 34.6 Å². The summed E-state index contributed by atoms with van der Waals surface area (Å²) in [5.41, 5.74) is 5.45. The fourth-order valence-electron chi connectivity index (χ4n) is 4.02. The Hall–Kier alpha value is -0.910. The highest BCUT2D eigenvalue weighted by Crippen LogP contribution is 2.35. The first kappa shape index (κ1) is 27.1. The third-order valence-electron chi connectivity index (χ3n) is 5.56. The molecule has 4 nitrogen and oxygen atoms in total. The second-order valence-electron chi connectivity index (χ2n) is 7.76. The second-order valence-corrected chi connectivity index (χ2v) is 9.12. The fourth-order valence-corrected chi connectivity index (χ4v) is 5.10. The van der Waals surface area contributed by atoms with Crippen molar-refractivity contribution in [1.29, 1.82) is 0 Å². The van der Waals surface area contributed by atoms with Crippen LogP contribution in [0.2, 0.25) is 0 Å². The van der Waals surface area contributed by atoms with Gasteiger partial charge in [0.05, 0.1) is 0 Å². The Bertz CT molecular complexity index is 655. The summed E-state index contributed by atoms with van der Waals surface area (Å²) >= 11 is 0. The SMILES string of the molecule is CCCCc1c(C)c(CCCC)c(CCCC)c(S(=O)(=O)O)c1CCCC.N. The Balaban J connectivity index is 0.00000729. The van der Waals surface area contributed by atoms with Crippen LogP contribution in [0.3, 0.4) is 0 Å². The van der Waals surface area contributed by atoms with Gasteiger partial charge in [0.15, 0.2) is 0 Å². The van der Waals surface area contributed by atoms with Crippen LogP contribution < -0.4 is 6.15 Å². The van der Waals surface area contributed by atoms with Gasteiger partial charge in [0.1, 0.15) is 4.90 Å². The molecule has 0 fully saturated rings. The first-order valence-corrected chi connectivity index (χ1v) is 12.4. The number of hydrogen-bond donors (Lipinski definition) is 2. The van der Waals surface area contributed by atoms with Gasteiger partial charge in [-0.2, -0.15) is 8.42 Å². The highest BCUT2D eigenvalue weighted by atomic mass is 32.2. The van der Waals surface area contributed by atoms with Gasteiger partial charge in [-0.25, -0.2) is 0 Å². The molecule has 0 saturated heterocycles. The van der Waals surface area contributed by atoms with E-state index in [1.54, 1.807) is 0 Å². The van der Waals surface area contributed by atoms with Crippen LogP contribution in [0.1, 0.15) is 107 Å². The molecular weight excluding hydrogens is 370 g/mol. The molecule has 0 heterocycles. The van der Waals surface area contributed by atoms with Crippen molar-refractivity contribution in [2.45, 2.75) is 117 Å². The van der Waals surface area contributed by atoms with Crippen molar-refractivity contribution in [2.75, 3.05) is 0 Å². The highest BCUT2D eigenvalue weighted by Gasteiger charge is 2.27. The lowest BCUT2D eigenvalue weighted by Crippen LogP contribution is -2.16. The standard InChI is InChI=1S/C23H40O3S.H3N/c1-6-10-14-19-18(5)20(15-11-7-2)22(17-13-9-4)23(27(24,25)26)21(19)16-12-8-3;/h6-17H2,1-5H3,(H,24,25,26);1H3. The summed E-state index contributed by atoms with van der Waals surface area (Å²) in [6.07, 6.45) is 11.4. The Morgan fingerprint density at radius 3 is 1.18 bits per heavy atom. The van der Waals surface area contributed by atoms with Crippen LogP contribution in [-0.4, -0.2) is 13.0 Å². The summed E-state index contributed by atoms with van der Waals surface area (Å²) in [6, 6.07) is 0. The molecule has 0 aromatic heterocycles. The van der Waals surface area contributed by atoms with Gasteiger partial charge in [0, 0.05) is 0 Å². The van der Waals surface area contributed by atoms with E-state index in [1.165, 1.54) is 16.7 Å². The maximum atomic E-state index is 12.5. The number of benzene rings is 1. The van der Waals surface area contributed by atoms with Gasteiger partial charge in [-0.05, 0) is 86.1 Å². The molecule has 0 aliphatic rings. The molecule has 0 aliphatic carbocycles. The average molecular weight is 414 g/mol. The van der Waals surface area contributed by atoms with E-state index in [-0.39, 0.29) is 11.0 Å². The summed E-state index contributed by atoms with van der Waals surface area (Å²) in [7, 11) is -4.24. The van der Waals surface area contributed by atoms with Crippen molar-refractivity contribution in [3.05, 3.63) is 27.8 Å². The van der Waals surface area contributed by atoms with Crippen LogP contribution in [0.5, 0.6) is 0 Å². The van der Waals surface area contributed by atoms with Crippen molar-refractivity contribution in [3.8, 4) is 0 Å². The van der Waals surface area contributed by atoms with E-state index in [0.29, 0.717) is 0 Å². The maximum Gasteiger partial charge on any atom is 0.295 e. The van der Waals surface area contributed by atoms with Gasteiger partial charge < -0.3 is 6.15 Å². The smallest absolute Gasteiger partial charge is 0.295 e. The molecule has 28 heavy (non-hydrogen) atoms. The summed E-state index contributed by atoms with van der Waals surface area (Å²) in [4.78, 5) is 0.257. The van der Waals surface area contributed by atoms with Crippen LogP contribution in [0, 0.1) is 6.92 Å². The lowest BCUT2D eigenvalue weighted by atomic mass is 9.84. The molecule has 0 spiro atoms. The molecule has 0 unspecified atom stereocenters. The summed E-state index contributed by atoms with van der Waals surface area (Å²) < 4.78 is 35.3. The molecule has 5 heteroatoms. The minimum atomic E-state index is -4.24. The monoisotopic (exact) mass is 413 g/mol. The minimum absolute atomic E-state index is 0. The van der Waals surface area contributed by atoms with Crippen molar-refractivity contribution in [2.24, 2.45) is 0 Å². The van der Waals surface area contributed by atoms with Gasteiger partial charge in [-0.3, -0.25) is 4.55 Å². The molecule has 4 N–H and O–H groups in total. The Kier molecular flexibility index (Phi) is 12.9. The van der Waals surface area contributed by atoms with Crippen LogP contribution in [0.4, 0.5) is 0 Å². The van der Waals surface area contributed by atoms with Crippen LogP contribution >= 0.6 is 0 Å². The first-order valence-electron chi connectivity index (χ1n) is 11.0. The molecule has 0 saturated carbocycles. The Labute approximate surface area is 173 Å². The van der Waals surface area contributed by atoms with E-state index in [4.69, 9.17) is 0 Å². The molecule has 0 bridgehead atoms. The van der Waals surface area contributed by atoms with Crippen molar-refractivity contribution < 1.29 is 13.0 Å². The normalized spacial score (nSPS) is 11.5. The zero-order valence-corrected chi connectivity index (χ0v) is 19.7. The Morgan fingerprint density at radius 2 is 0.929 bits per heavy atom. The molecule has 0 atom stereocenters. The predicted octanol–water partition coefficient (Wildman–Crippen LogP) is 6.77. The lowest BCUT2D eigenvalue weighted by molar-refractivity contribution is 0.479. The molecule has 0 radical (unpaired) electrons. The molecule has 1 rings (SSSR count). The minimum Gasteiger partial charge on any atom is -0.344 e. The predicted molar refractivity (Wildman–Crippen MR) is 120 cm³/mol. The molecular formula is C23H43NO3S. The number of rotatable bonds is 13. The number of hydrogen-bond acceptors (Lipinski definition) is 3. The average Bonchev–Trinajstić information content (AvgIpc) is 2.61. The van der Waals surface area contributed by atoms with Gasteiger partial charge >= 0.3 is 0 Å². The van der Waals surface area contributed by atoms with Gasteiger partial charge in [-0.15, -0.1) is 0 Å². The van der Waals surface area contributed by atoms with Gasteiger partial charge in [-0.1, -0.05) is 53.4 Å². The van der Waals surface area contributed by atoms with E-state index in [9.17, 15) is 13.0 Å². The fraction of sp³-hybridized carbons (Fsp3) is 0.739. The molecule has 164 valence electrons. The third-order valence-corrected chi connectivity index (χ3v) is 6.57. The number of unbranched alkanes of at least 4 members (excludes halogenated alkanes) is 4. The summed E-state index contributed by atoms with van der Waals surface area (Å²) in [5.74, 6) is 0. The highest BCUT2D eigenvalue weighted by molar-refractivity contribution is 7.86. The van der Waals surface area contributed by atoms with Crippen LogP contribution in [0.25, 0.3) is 0 Å². The van der Waals surface area contributed by atoms with E-state index in [1.807, 2.05) is 0 Å². The second kappa shape index (κ2) is 13.3. The van der Waals surface area contributed by atoms with E-state index < -0.39 is 10.1 Å². The molecule has 0 aliphatic heterocycles. The van der Waals surface area contributed by atoms with Crippen LogP contribution in [-0.2, 0) is 35.8 Å². The zero-order valence-electron chi connectivity index (χ0n) is 18.9. The van der Waals surface area contributed by atoms with E-state index >= 15 is 0 Å². The van der Waals surface area contributed by atoms with Crippen molar-refractivity contribution in [3.63, 3.8) is 0 Å². The topological polar surface area (TPSA) is 89.4 Å². The Morgan fingerprint density at radius 1 is 0.643 bits per heavy atom. The maximum absolute atomic E-state index is 12.5. The largest absolute Gasteiger partial charge is 0.344 e. The summed E-state index contributed by atoms with van der Waals surface area (Å²) in [5, 5.41) is 0. The van der Waals surface area contributed by atoms with Crippen molar-refractivity contribution in [1.82, 2.24) is 6.15 Å². The van der Waals surface area contributed by atoms with Gasteiger partial charge in [0.25, 0.3) is 10.1 Å². The molecule has 1 aromatic carbocycles. The molecule has 1 aromatic rings. The van der Waals surface area contributed by atoms with Crippen molar-refractivity contribution >= 4 is 10.1 Å².